The molecule has 0 saturated heterocycles. The van der Waals surface area contributed by atoms with Crippen molar-refractivity contribution in [3.05, 3.63) is 11.1 Å². The molecule has 18 heavy (non-hydrogen) atoms. The molecule has 0 aliphatic heterocycles. The Hall–Kier alpha value is -1.18. The molecule has 0 spiro atoms. The smallest absolute Gasteiger partial charge is 0.270 e. The maximum atomic E-state index is 11.6. The number of rotatable bonds is 9. The van der Waals surface area contributed by atoms with E-state index in [0.717, 1.165) is 12.8 Å². The lowest BCUT2D eigenvalue weighted by molar-refractivity contribution is 0.0686. The van der Waals surface area contributed by atoms with Crippen molar-refractivity contribution in [2.24, 2.45) is 0 Å². The second-order valence-corrected chi connectivity index (χ2v) is 4.53. The molecule has 0 radical (unpaired) electrons. The van der Waals surface area contributed by atoms with E-state index >= 15 is 0 Å². The number of aromatic nitrogens is 1. The zero-order chi connectivity index (χ0) is 13.2. The van der Waals surface area contributed by atoms with Gasteiger partial charge in [-0.1, -0.05) is 0 Å². The summed E-state index contributed by atoms with van der Waals surface area (Å²) in [6.45, 7) is 2.52. The van der Waals surface area contributed by atoms with Crippen LogP contribution in [0.1, 0.15) is 23.3 Å². The Morgan fingerprint density at radius 2 is 2.28 bits per heavy atom. The van der Waals surface area contributed by atoms with E-state index in [4.69, 9.17) is 15.2 Å². The first-order chi connectivity index (χ1) is 8.74. The number of nitrogen functional groups attached to an aromatic ring is 1. The van der Waals surface area contributed by atoms with Gasteiger partial charge in [-0.25, -0.2) is 4.98 Å². The second kappa shape index (κ2) is 8.84. The molecule has 1 heterocycles. The van der Waals surface area contributed by atoms with Crippen molar-refractivity contribution >= 4 is 22.4 Å². The Morgan fingerprint density at radius 3 is 2.94 bits per heavy atom. The fourth-order valence-electron chi connectivity index (χ4n) is 1.26. The number of amides is 1. The third-order valence-corrected chi connectivity index (χ3v) is 2.86. The summed E-state index contributed by atoms with van der Waals surface area (Å²) < 4.78 is 10.2. The van der Waals surface area contributed by atoms with Crippen LogP contribution >= 0.6 is 11.3 Å². The third kappa shape index (κ3) is 5.95. The van der Waals surface area contributed by atoms with Crippen LogP contribution in [0.3, 0.4) is 0 Å². The Bertz CT molecular complexity index is 357. The minimum absolute atomic E-state index is 0.178. The fraction of sp³-hybridized carbons (Fsp3) is 0.636. The minimum atomic E-state index is -0.178. The molecule has 0 bridgehead atoms. The SMILES string of the molecule is COCCOCCCCNC(=O)c1csc(N)n1. The van der Waals surface area contributed by atoms with Crippen molar-refractivity contribution in [3.8, 4) is 0 Å². The van der Waals surface area contributed by atoms with E-state index in [1.165, 1.54) is 11.3 Å². The van der Waals surface area contributed by atoms with Gasteiger partial charge in [0.05, 0.1) is 13.2 Å². The van der Waals surface area contributed by atoms with Crippen LogP contribution in [0.15, 0.2) is 5.38 Å². The number of nitrogens with two attached hydrogens (primary N) is 1. The average molecular weight is 273 g/mol. The molecule has 102 valence electrons. The van der Waals surface area contributed by atoms with Gasteiger partial charge in [0.25, 0.3) is 5.91 Å². The lowest BCUT2D eigenvalue weighted by Crippen LogP contribution is -2.25. The summed E-state index contributed by atoms with van der Waals surface area (Å²) in [5, 5.41) is 4.84. The first-order valence-electron chi connectivity index (χ1n) is 5.80. The van der Waals surface area contributed by atoms with E-state index in [9.17, 15) is 4.79 Å². The largest absolute Gasteiger partial charge is 0.382 e. The number of hydrogen-bond acceptors (Lipinski definition) is 6. The summed E-state index contributed by atoms with van der Waals surface area (Å²) in [7, 11) is 1.64. The van der Waals surface area contributed by atoms with Crippen LogP contribution in [-0.2, 0) is 9.47 Å². The summed E-state index contributed by atoms with van der Waals surface area (Å²) >= 11 is 1.26. The van der Waals surface area contributed by atoms with Gasteiger partial charge in [0.15, 0.2) is 5.13 Å². The Morgan fingerprint density at radius 1 is 1.44 bits per heavy atom. The van der Waals surface area contributed by atoms with Crippen LogP contribution in [0.25, 0.3) is 0 Å². The molecule has 0 fully saturated rings. The van der Waals surface area contributed by atoms with E-state index in [-0.39, 0.29) is 5.91 Å². The number of thiazole rings is 1. The molecule has 3 N–H and O–H groups in total. The third-order valence-electron chi connectivity index (χ3n) is 2.19. The van der Waals surface area contributed by atoms with E-state index in [1.54, 1.807) is 12.5 Å². The van der Waals surface area contributed by atoms with Gasteiger partial charge < -0.3 is 20.5 Å². The van der Waals surface area contributed by atoms with Gasteiger partial charge in [-0.3, -0.25) is 4.79 Å². The summed E-state index contributed by atoms with van der Waals surface area (Å²) in [6, 6.07) is 0. The predicted molar refractivity (Wildman–Crippen MR) is 70.8 cm³/mol. The second-order valence-electron chi connectivity index (χ2n) is 3.64. The lowest BCUT2D eigenvalue weighted by atomic mass is 10.3. The van der Waals surface area contributed by atoms with Crippen molar-refractivity contribution in [1.29, 1.82) is 0 Å². The quantitative estimate of drug-likeness (QED) is 0.653. The maximum Gasteiger partial charge on any atom is 0.270 e. The van der Waals surface area contributed by atoms with E-state index < -0.39 is 0 Å². The molecule has 0 saturated carbocycles. The van der Waals surface area contributed by atoms with Crippen LogP contribution < -0.4 is 11.1 Å². The monoisotopic (exact) mass is 273 g/mol. The molecule has 0 aromatic carbocycles. The summed E-state index contributed by atoms with van der Waals surface area (Å²) in [6.07, 6.45) is 1.78. The van der Waals surface area contributed by atoms with Crippen LogP contribution in [-0.4, -0.2) is 44.4 Å². The van der Waals surface area contributed by atoms with E-state index in [1.807, 2.05) is 0 Å². The first kappa shape index (κ1) is 14.9. The molecule has 0 aliphatic carbocycles. The number of nitrogens with zero attached hydrogens (tertiary/aromatic N) is 1. The fourth-order valence-corrected chi connectivity index (χ4v) is 1.80. The van der Waals surface area contributed by atoms with Gasteiger partial charge >= 0.3 is 0 Å². The number of unbranched alkanes of at least 4 members (excludes halogenated alkanes) is 1. The summed E-state index contributed by atoms with van der Waals surface area (Å²) in [5.74, 6) is -0.178. The van der Waals surface area contributed by atoms with Crippen LogP contribution in [0.5, 0.6) is 0 Å². The number of ether oxygens (including phenoxy) is 2. The number of carbonyl (C=O) groups is 1. The normalized spacial score (nSPS) is 10.5. The van der Waals surface area contributed by atoms with Gasteiger partial charge in [0.2, 0.25) is 0 Å². The molecule has 0 unspecified atom stereocenters. The van der Waals surface area contributed by atoms with Crippen LogP contribution in [0.2, 0.25) is 0 Å². The standard InChI is InChI=1S/C11H19N3O3S/c1-16-6-7-17-5-3-2-4-13-10(15)9-8-18-11(12)14-9/h8H,2-7H2,1H3,(H2,12,14)(H,13,15). The number of methoxy groups -OCH3 is 1. The highest BCUT2D eigenvalue weighted by molar-refractivity contribution is 7.13. The van der Waals surface area contributed by atoms with Gasteiger partial charge in [-0.15, -0.1) is 11.3 Å². The van der Waals surface area contributed by atoms with E-state index in [0.29, 0.717) is 37.2 Å². The summed E-state index contributed by atoms with van der Waals surface area (Å²) in [5.41, 5.74) is 5.83. The van der Waals surface area contributed by atoms with Crippen LogP contribution in [0, 0.1) is 0 Å². The molecule has 6 nitrogen and oxygen atoms in total. The van der Waals surface area contributed by atoms with Crippen LogP contribution in [0.4, 0.5) is 5.13 Å². The Kier molecular flexibility index (Phi) is 7.31. The topological polar surface area (TPSA) is 86.5 Å². The zero-order valence-corrected chi connectivity index (χ0v) is 11.3. The molecule has 1 aromatic rings. The van der Waals surface area contributed by atoms with Crippen molar-refractivity contribution in [2.75, 3.05) is 39.2 Å². The molecule has 7 heteroatoms. The number of hydrogen-bond donors (Lipinski definition) is 2. The van der Waals surface area contributed by atoms with Crippen molar-refractivity contribution in [3.63, 3.8) is 0 Å². The van der Waals surface area contributed by atoms with Gasteiger partial charge in [-0.2, -0.15) is 0 Å². The molecule has 1 aromatic heterocycles. The number of anilines is 1. The maximum absolute atomic E-state index is 11.6. The van der Waals surface area contributed by atoms with E-state index in [2.05, 4.69) is 10.3 Å². The Labute approximate surface area is 110 Å². The number of carbonyl (C=O) groups excluding carboxylic acids is 1. The highest BCUT2D eigenvalue weighted by atomic mass is 32.1. The van der Waals surface area contributed by atoms with Crippen molar-refractivity contribution in [1.82, 2.24) is 10.3 Å². The van der Waals surface area contributed by atoms with Gasteiger partial charge in [-0.05, 0) is 12.8 Å². The minimum Gasteiger partial charge on any atom is -0.382 e. The highest BCUT2D eigenvalue weighted by Crippen LogP contribution is 2.10. The van der Waals surface area contributed by atoms with Crippen molar-refractivity contribution in [2.45, 2.75) is 12.8 Å². The van der Waals surface area contributed by atoms with Crippen molar-refractivity contribution < 1.29 is 14.3 Å². The first-order valence-corrected chi connectivity index (χ1v) is 6.68. The lowest BCUT2D eigenvalue weighted by Gasteiger charge is -2.04. The number of nitrogens with one attached hydrogen (secondary N) is 1. The molecule has 0 atom stereocenters. The zero-order valence-electron chi connectivity index (χ0n) is 10.5. The average Bonchev–Trinajstić information content (AvgIpc) is 2.79. The Balaban J connectivity index is 1.99. The van der Waals surface area contributed by atoms with Gasteiger partial charge in [0, 0.05) is 25.6 Å². The van der Waals surface area contributed by atoms with Gasteiger partial charge in [0.1, 0.15) is 5.69 Å². The highest BCUT2D eigenvalue weighted by Gasteiger charge is 2.08. The molecule has 1 rings (SSSR count). The molecular weight excluding hydrogens is 254 g/mol. The summed E-state index contributed by atoms with van der Waals surface area (Å²) in [4.78, 5) is 15.5. The predicted octanol–water partition coefficient (Wildman–Crippen LogP) is 0.898. The molecule has 0 aliphatic rings. The molecule has 1 amide bonds. The molecular formula is C11H19N3O3S.